The number of sulfone groups is 1. The van der Waals surface area contributed by atoms with Gasteiger partial charge in [-0.1, -0.05) is 0 Å². The molecular formula is C10H18O5S. The standard InChI is InChI=1S/C10H18O5S/c1-15-10(12)3-2-8-4-6-16(13,14)7-5-9(8)11/h8-9,11H,2-7H2,1H3/t8-,9+/m0/s1. The van der Waals surface area contributed by atoms with Gasteiger partial charge in [0, 0.05) is 6.42 Å². The maximum Gasteiger partial charge on any atom is 0.305 e. The van der Waals surface area contributed by atoms with E-state index in [1.165, 1.54) is 7.11 Å². The summed E-state index contributed by atoms with van der Waals surface area (Å²) in [5.74, 6) is -0.283. The molecule has 0 aromatic carbocycles. The fraction of sp³-hybridized carbons (Fsp3) is 0.900. The minimum absolute atomic E-state index is 0.0445. The van der Waals surface area contributed by atoms with E-state index in [-0.39, 0.29) is 36.2 Å². The third-order valence-corrected chi connectivity index (χ3v) is 4.73. The highest BCUT2D eigenvalue weighted by atomic mass is 32.2. The van der Waals surface area contributed by atoms with E-state index < -0.39 is 15.9 Å². The predicted molar refractivity (Wildman–Crippen MR) is 58.6 cm³/mol. The Hall–Kier alpha value is -0.620. The number of esters is 1. The van der Waals surface area contributed by atoms with Crippen molar-refractivity contribution in [3.8, 4) is 0 Å². The van der Waals surface area contributed by atoms with Crippen molar-refractivity contribution < 1.29 is 23.1 Å². The van der Waals surface area contributed by atoms with Gasteiger partial charge in [0.15, 0.2) is 0 Å². The van der Waals surface area contributed by atoms with Crippen LogP contribution in [0.15, 0.2) is 0 Å². The Kier molecular flexibility index (Phi) is 4.73. The lowest BCUT2D eigenvalue weighted by atomic mass is 9.93. The van der Waals surface area contributed by atoms with Gasteiger partial charge in [-0.2, -0.15) is 0 Å². The Morgan fingerprint density at radius 2 is 2.00 bits per heavy atom. The normalized spacial score (nSPS) is 29.4. The van der Waals surface area contributed by atoms with Gasteiger partial charge in [-0.3, -0.25) is 4.79 Å². The van der Waals surface area contributed by atoms with Gasteiger partial charge >= 0.3 is 5.97 Å². The summed E-state index contributed by atoms with van der Waals surface area (Å²) in [5.41, 5.74) is 0. The van der Waals surface area contributed by atoms with Crippen LogP contribution in [0.25, 0.3) is 0 Å². The second-order valence-electron chi connectivity index (χ2n) is 4.17. The van der Waals surface area contributed by atoms with E-state index in [1.54, 1.807) is 0 Å². The lowest BCUT2D eigenvalue weighted by Crippen LogP contribution is -2.21. The monoisotopic (exact) mass is 250 g/mol. The first-order valence-corrected chi connectivity index (χ1v) is 7.22. The summed E-state index contributed by atoms with van der Waals surface area (Å²) in [4.78, 5) is 11.0. The molecule has 1 aliphatic heterocycles. The van der Waals surface area contributed by atoms with Gasteiger partial charge in [-0.05, 0) is 25.2 Å². The summed E-state index contributed by atoms with van der Waals surface area (Å²) in [6.45, 7) is 0. The number of hydrogen-bond acceptors (Lipinski definition) is 5. The van der Waals surface area contributed by atoms with Crippen molar-refractivity contribution in [2.24, 2.45) is 5.92 Å². The van der Waals surface area contributed by atoms with E-state index in [9.17, 15) is 18.3 Å². The highest BCUT2D eigenvalue weighted by Gasteiger charge is 2.28. The number of hydrogen-bond donors (Lipinski definition) is 1. The predicted octanol–water partition coefficient (Wildman–Crippen LogP) is 0.125. The van der Waals surface area contributed by atoms with Crippen LogP contribution in [0, 0.1) is 5.92 Å². The summed E-state index contributed by atoms with van der Waals surface area (Å²) in [7, 11) is -1.69. The van der Waals surface area contributed by atoms with Crippen LogP contribution in [0.4, 0.5) is 0 Å². The first kappa shape index (κ1) is 13.4. The third kappa shape index (κ3) is 4.09. The number of aliphatic hydroxyl groups is 1. The molecule has 1 rings (SSSR count). The molecule has 0 spiro atoms. The van der Waals surface area contributed by atoms with Crippen molar-refractivity contribution in [1.82, 2.24) is 0 Å². The third-order valence-electron chi connectivity index (χ3n) is 3.02. The summed E-state index contributed by atoms with van der Waals surface area (Å²) < 4.78 is 27.2. The van der Waals surface area contributed by atoms with Gasteiger partial charge in [-0.25, -0.2) is 8.42 Å². The molecule has 1 aliphatic rings. The largest absolute Gasteiger partial charge is 0.469 e. The molecule has 6 heteroatoms. The van der Waals surface area contributed by atoms with Crippen molar-refractivity contribution in [3.05, 3.63) is 0 Å². The molecule has 0 aromatic heterocycles. The second kappa shape index (κ2) is 5.63. The van der Waals surface area contributed by atoms with E-state index >= 15 is 0 Å². The summed E-state index contributed by atoms with van der Waals surface area (Å²) >= 11 is 0. The summed E-state index contributed by atoms with van der Waals surface area (Å²) in [5, 5.41) is 9.75. The van der Waals surface area contributed by atoms with Gasteiger partial charge in [0.1, 0.15) is 9.84 Å². The molecule has 0 saturated carbocycles. The molecule has 16 heavy (non-hydrogen) atoms. The van der Waals surface area contributed by atoms with Gasteiger partial charge in [0.2, 0.25) is 0 Å². The van der Waals surface area contributed by atoms with Crippen molar-refractivity contribution in [2.45, 2.75) is 31.8 Å². The topological polar surface area (TPSA) is 80.7 Å². The fourth-order valence-electron chi connectivity index (χ4n) is 1.90. The van der Waals surface area contributed by atoms with Crippen LogP contribution in [0.3, 0.4) is 0 Å². The highest BCUT2D eigenvalue weighted by Crippen LogP contribution is 2.23. The van der Waals surface area contributed by atoms with E-state index in [2.05, 4.69) is 4.74 Å². The van der Waals surface area contributed by atoms with E-state index in [0.717, 1.165) is 0 Å². The molecule has 0 bridgehead atoms. The number of carbonyl (C=O) groups is 1. The van der Waals surface area contributed by atoms with Gasteiger partial charge in [0.05, 0.1) is 24.7 Å². The zero-order valence-corrected chi connectivity index (χ0v) is 10.2. The van der Waals surface area contributed by atoms with Gasteiger partial charge in [-0.15, -0.1) is 0 Å². The number of rotatable bonds is 3. The number of carbonyl (C=O) groups excluding carboxylic acids is 1. The van der Waals surface area contributed by atoms with Crippen LogP contribution in [-0.4, -0.2) is 44.2 Å². The Bertz CT molecular complexity index is 335. The zero-order chi connectivity index (χ0) is 12.2. The summed E-state index contributed by atoms with van der Waals surface area (Å²) in [6.07, 6.45) is 0.804. The number of aliphatic hydroxyl groups excluding tert-OH is 1. The molecule has 0 amide bonds. The quantitative estimate of drug-likeness (QED) is 0.720. The van der Waals surface area contributed by atoms with Crippen LogP contribution in [0.1, 0.15) is 25.7 Å². The molecule has 2 atom stereocenters. The Labute approximate surface area is 95.7 Å². The molecule has 94 valence electrons. The summed E-state index contributed by atoms with van der Waals surface area (Å²) in [6, 6.07) is 0. The van der Waals surface area contributed by atoms with E-state index in [0.29, 0.717) is 12.8 Å². The van der Waals surface area contributed by atoms with Crippen molar-refractivity contribution in [1.29, 1.82) is 0 Å². The van der Waals surface area contributed by atoms with Gasteiger partial charge < -0.3 is 9.84 Å². The van der Waals surface area contributed by atoms with Crippen LogP contribution >= 0.6 is 0 Å². The Morgan fingerprint density at radius 3 is 2.62 bits per heavy atom. The van der Waals surface area contributed by atoms with E-state index in [1.807, 2.05) is 0 Å². The molecule has 0 aliphatic carbocycles. The SMILES string of the molecule is COC(=O)CC[C@H]1CCS(=O)(=O)CC[C@H]1O. The molecular weight excluding hydrogens is 232 g/mol. The van der Waals surface area contributed by atoms with Crippen molar-refractivity contribution >= 4 is 15.8 Å². The lowest BCUT2D eigenvalue weighted by Gasteiger charge is -2.18. The molecule has 0 radical (unpaired) electrons. The molecule has 0 aromatic rings. The smallest absolute Gasteiger partial charge is 0.305 e. The maximum atomic E-state index is 11.4. The molecule has 1 saturated heterocycles. The average Bonchev–Trinajstić information content (AvgIpc) is 2.37. The fourth-order valence-corrected chi connectivity index (χ4v) is 3.37. The first-order chi connectivity index (χ1) is 7.44. The highest BCUT2D eigenvalue weighted by molar-refractivity contribution is 7.91. The van der Waals surface area contributed by atoms with Crippen molar-refractivity contribution in [3.63, 3.8) is 0 Å². The molecule has 1 heterocycles. The number of methoxy groups -OCH3 is 1. The minimum Gasteiger partial charge on any atom is -0.469 e. The average molecular weight is 250 g/mol. The zero-order valence-electron chi connectivity index (χ0n) is 9.39. The molecule has 1 fully saturated rings. The lowest BCUT2D eigenvalue weighted by molar-refractivity contribution is -0.141. The van der Waals surface area contributed by atoms with Crippen LogP contribution in [0.2, 0.25) is 0 Å². The molecule has 5 nitrogen and oxygen atoms in total. The molecule has 0 unspecified atom stereocenters. The second-order valence-corrected chi connectivity index (χ2v) is 6.48. The molecule has 1 N–H and O–H groups in total. The number of ether oxygens (including phenoxy) is 1. The Morgan fingerprint density at radius 1 is 1.38 bits per heavy atom. The van der Waals surface area contributed by atoms with Crippen LogP contribution < -0.4 is 0 Å². The van der Waals surface area contributed by atoms with Crippen molar-refractivity contribution in [2.75, 3.05) is 18.6 Å². The maximum absolute atomic E-state index is 11.4. The van der Waals surface area contributed by atoms with Gasteiger partial charge in [0.25, 0.3) is 0 Å². The first-order valence-electron chi connectivity index (χ1n) is 5.40. The minimum atomic E-state index is -3.01. The Balaban J connectivity index is 2.50. The van der Waals surface area contributed by atoms with Crippen LogP contribution in [-0.2, 0) is 19.4 Å². The van der Waals surface area contributed by atoms with E-state index in [4.69, 9.17) is 0 Å². The van der Waals surface area contributed by atoms with Crippen LogP contribution in [0.5, 0.6) is 0 Å².